The Labute approximate surface area is 140 Å². The van der Waals surface area contributed by atoms with Gasteiger partial charge in [0.15, 0.2) is 5.69 Å². The number of nitrogens with one attached hydrogen (secondary N) is 3. The number of H-pyrrole nitrogens is 2. The van der Waals surface area contributed by atoms with Crippen molar-refractivity contribution in [2.45, 2.75) is 38.8 Å². The van der Waals surface area contributed by atoms with E-state index in [1.54, 1.807) is 11.1 Å². The number of aromatic amines is 2. The van der Waals surface area contributed by atoms with Gasteiger partial charge in [0.1, 0.15) is 0 Å². The lowest BCUT2D eigenvalue weighted by atomic mass is 9.94. The van der Waals surface area contributed by atoms with Gasteiger partial charge in [0.05, 0.1) is 6.54 Å². The minimum atomic E-state index is -0.0983. The number of nitrogens with zero attached hydrogens (tertiary/aromatic N) is 2. The maximum atomic E-state index is 12.9. The van der Waals surface area contributed by atoms with E-state index in [1.807, 2.05) is 25.3 Å². The zero-order valence-electron chi connectivity index (χ0n) is 13.7. The summed E-state index contributed by atoms with van der Waals surface area (Å²) in [5.41, 5.74) is 6.91. The van der Waals surface area contributed by atoms with E-state index in [2.05, 4.69) is 32.7 Å². The average molecular weight is 323 g/mol. The van der Waals surface area contributed by atoms with Crippen molar-refractivity contribution in [1.82, 2.24) is 25.6 Å². The Kier molecular flexibility index (Phi) is 3.82. The number of carbonyl (C=O) groups is 1. The molecule has 0 unspecified atom stereocenters. The van der Waals surface area contributed by atoms with Gasteiger partial charge in [-0.15, -0.1) is 0 Å². The second-order valence-electron chi connectivity index (χ2n) is 6.44. The Bertz CT molecular complexity index is 861. The summed E-state index contributed by atoms with van der Waals surface area (Å²) in [6, 6.07) is 10.3. The molecule has 0 aliphatic heterocycles. The maximum Gasteiger partial charge on any atom is 0.288 e. The van der Waals surface area contributed by atoms with Gasteiger partial charge in [-0.3, -0.25) is 14.9 Å². The fourth-order valence-electron chi connectivity index (χ4n) is 3.06. The van der Waals surface area contributed by atoms with E-state index < -0.39 is 0 Å². The first-order valence-corrected chi connectivity index (χ1v) is 8.36. The summed E-state index contributed by atoms with van der Waals surface area (Å²) in [7, 11) is 0. The summed E-state index contributed by atoms with van der Waals surface area (Å²) in [6.45, 7) is 2.41. The first-order chi connectivity index (χ1) is 11.7. The molecule has 1 aliphatic carbocycles. The monoisotopic (exact) mass is 323 g/mol. The third kappa shape index (κ3) is 2.80. The van der Waals surface area contributed by atoms with Gasteiger partial charge in [-0.25, -0.2) is 5.43 Å². The van der Waals surface area contributed by atoms with Gasteiger partial charge >= 0.3 is 0 Å². The van der Waals surface area contributed by atoms with Crippen LogP contribution in [0, 0.1) is 6.92 Å². The van der Waals surface area contributed by atoms with Crippen LogP contribution in [0.4, 0.5) is 0 Å². The molecule has 24 heavy (non-hydrogen) atoms. The first-order valence-electron chi connectivity index (χ1n) is 8.36. The molecule has 0 spiro atoms. The number of hydrazine groups is 1. The van der Waals surface area contributed by atoms with Gasteiger partial charge < -0.3 is 4.98 Å². The van der Waals surface area contributed by atoms with Crippen LogP contribution in [0.2, 0.25) is 0 Å². The van der Waals surface area contributed by atoms with E-state index >= 15 is 0 Å². The highest BCUT2D eigenvalue weighted by molar-refractivity contribution is 5.92. The fraction of sp³-hybridized carbons (Fsp3) is 0.333. The molecule has 1 amide bonds. The van der Waals surface area contributed by atoms with Crippen LogP contribution in [-0.4, -0.2) is 32.1 Å². The van der Waals surface area contributed by atoms with Gasteiger partial charge in [-0.05, 0) is 43.5 Å². The zero-order valence-corrected chi connectivity index (χ0v) is 13.7. The van der Waals surface area contributed by atoms with Crippen molar-refractivity contribution in [3.63, 3.8) is 0 Å². The number of aromatic nitrogens is 3. The lowest BCUT2D eigenvalue weighted by Gasteiger charge is -2.33. The second-order valence-corrected chi connectivity index (χ2v) is 6.44. The number of hydrogen-bond acceptors (Lipinski definition) is 3. The second kappa shape index (κ2) is 6.13. The molecule has 0 bridgehead atoms. The van der Waals surface area contributed by atoms with Crippen LogP contribution < -0.4 is 5.43 Å². The van der Waals surface area contributed by atoms with Crippen molar-refractivity contribution in [3.8, 4) is 0 Å². The maximum absolute atomic E-state index is 12.9. The van der Waals surface area contributed by atoms with Crippen LogP contribution in [0.3, 0.4) is 0 Å². The van der Waals surface area contributed by atoms with Crippen LogP contribution in [0.15, 0.2) is 36.5 Å². The third-order valence-electron chi connectivity index (χ3n) is 4.63. The highest BCUT2D eigenvalue weighted by Crippen LogP contribution is 2.22. The molecular formula is C18H21N5O. The molecule has 6 nitrogen and oxygen atoms in total. The predicted octanol–water partition coefficient (Wildman–Crippen LogP) is 2.90. The lowest BCUT2D eigenvalue weighted by Crippen LogP contribution is -2.50. The van der Waals surface area contributed by atoms with E-state index in [-0.39, 0.29) is 5.91 Å². The molecule has 0 radical (unpaired) electrons. The van der Waals surface area contributed by atoms with Crippen molar-refractivity contribution in [3.05, 3.63) is 53.5 Å². The van der Waals surface area contributed by atoms with E-state index in [9.17, 15) is 4.79 Å². The van der Waals surface area contributed by atoms with E-state index in [0.29, 0.717) is 18.3 Å². The Morgan fingerprint density at radius 2 is 2.25 bits per heavy atom. The number of aryl methyl sites for hydroxylation is 1. The third-order valence-corrected chi connectivity index (χ3v) is 4.63. The van der Waals surface area contributed by atoms with E-state index in [0.717, 1.165) is 35.0 Å². The first kappa shape index (κ1) is 15.0. The largest absolute Gasteiger partial charge is 0.361 e. The fourth-order valence-corrected chi connectivity index (χ4v) is 3.06. The number of hydrogen-bond donors (Lipinski definition) is 3. The van der Waals surface area contributed by atoms with E-state index in [4.69, 9.17) is 0 Å². The number of fused-ring (bicyclic) bond motifs is 1. The normalized spacial score (nSPS) is 14.7. The SMILES string of the molecule is Cc1cc(C(=O)N(Cc2cccc3[nH]ccc23)NC2CCC2)n[nH]1. The molecule has 2 aromatic heterocycles. The van der Waals surface area contributed by atoms with Crippen LogP contribution >= 0.6 is 0 Å². The topological polar surface area (TPSA) is 76.8 Å². The number of benzene rings is 1. The van der Waals surface area contributed by atoms with Crippen molar-refractivity contribution >= 4 is 16.8 Å². The molecule has 4 rings (SSSR count). The van der Waals surface area contributed by atoms with Crippen LogP contribution in [0.1, 0.15) is 41.0 Å². The van der Waals surface area contributed by atoms with Crippen molar-refractivity contribution in [1.29, 1.82) is 0 Å². The minimum absolute atomic E-state index is 0.0983. The summed E-state index contributed by atoms with van der Waals surface area (Å²) in [5.74, 6) is -0.0983. The number of rotatable bonds is 5. The molecule has 124 valence electrons. The van der Waals surface area contributed by atoms with Gasteiger partial charge in [-0.1, -0.05) is 18.6 Å². The highest BCUT2D eigenvalue weighted by atomic mass is 16.2. The van der Waals surface area contributed by atoms with Crippen LogP contribution in [0.25, 0.3) is 10.9 Å². The average Bonchev–Trinajstić information content (AvgIpc) is 3.17. The zero-order chi connectivity index (χ0) is 16.5. The van der Waals surface area contributed by atoms with Gasteiger partial charge in [0.2, 0.25) is 0 Å². The molecule has 6 heteroatoms. The molecule has 2 heterocycles. The van der Waals surface area contributed by atoms with E-state index in [1.165, 1.54) is 6.42 Å². The van der Waals surface area contributed by atoms with Gasteiger partial charge in [0, 0.05) is 28.8 Å². The van der Waals surface area contributed by atoms with Gasteiger partial charge in [-0.2, -0.15) is 5.10 Å². The Morgan fingerprint density at radius 1 is 1.38 bits per heavy atom. The molecule has 0 saturated heterocycles. The number of carbonyl (C=O) groups excluding carboxylic acids is 1. The Hall–Kier alpha value is -2.60. The summed E-state index contributed by atoms with van der Waals surface area (Å²) in [6.07, 6.45) is 5.36. The summed E-state index contributed by atoms with van der Waals surface area (Å²) in [4.78, 5) is 16.1. The molecule has 3 aromatic rings. The molecule has 3 N–H and O–H groups in total. The minimum Gasteiger partial charge on any atom is -0.361 e. The predicted molar refractivity (Wildman–Crippen MR) is 92.3 cm³/mol. The Balaban J connectivity index is 1.62. The van der Waals surface area contributed by atoms with Crippen molar-refractivity contribution in [2.75, 3.05) is 0 Å². The van der Waals surface area contributed by atoms with Crippen LogP contribution in [-0.2, 0) is 6.54 Å². The van der Waals surface area contributed by atoms with Gasteiger partial charge in [0.25, 0.3) is 5.91 Å². The summed E-state index contributed by atoms with van der Waals surface area (Å²) < 4.78 is 0. The number of amides is 1. The van der Waals surface area contributed by atoms with Crippen molar-refractivity contribution < 1.29 is 4.79 Å². The highest BCUT2D eigenvalue weighted by Gasteiger charge is 2.25. The molecule has 1 fully saturated rings. The summed E-state index contributed by atoms with van der Waals surface area (Å²) >= 11 is 0. The summed E-state index contributed by atoms with van der Waals surface area (Å²) in [5, 5.41) is 9.82. The molecule has 1 aromatic carbocycles. The molecular weight excluding hydrogens is 302 g/mol. The Morgan fingerprint density at radius 3 is 2.96 bits per heavy atom. The molecule has 1 saturated carbocycles. The lowest BCUT2D eigenvalue weighted by molar-refractivity contribution is 0.0539. The smallest absolute Gasteiger partial charge is 0.288 e. The van der Waals surface area contributed by atoms with Crippen molar-refractivity contribution in [2.24, 2.45) is 0 Å². The quantitative estimate of drug-likeness (QED) is 0.632. The molecule has 1 aliphatic rings. The standard InChI is InChI=1S/C18H21N5O/c1-12-10-17(21-20-12)18(24)23(22-14-5-3-6-14)11-13-4-2-7-16-15(13)8-9-19-16/h2,4,7-10,14,19,22H,3,5-6,11H2,1H3,(H,20,21). The molecule has 0 atom stereocenters. The van der Waals surface area contributed by atoms with Crippen LogP contribution in [0.5, 0.6) is 0 Å².